The number of hydrogen-bond donors (Lipinski definition) is 1. The van der Waals surface area contributed by atoms with Gasteiger partial charge in [0.05, 0.1) is 7.11 Å². The molecule has 8 heteroatoms. The van der Waals surface area contributed by atoms with Gasteiger partial charge >= 0.3 is 5.97 Å². The molecule has 0 amide bonds. The maximum atomic E-state index is 11.5. The van der Waals surface area contributed by atoms with E-state index in [1.807, 2.05) is 6.92 Å². The number of carbonyl (C=O) groups excluding carboxylic acids is 2. The van der Waals surface area contributed by atoms with Gasteiger partial charge in [-0.3, -0.25) is 9.00 Å². The second-order valence-electron chi connectivity index (χ2n) is 4.03. The van der Waals surface area contributed by atoms with Gasteiger partial charge in [-0.15, -0.1) is 0 Å². The van der Waals surface area contributed by atoms with Crippen LogP contribution in [0.5, 0.6) is 0 Å². The van der Waals surface area contributed by atoms with E-state index in [-0.39, 0.29) is 22.4 Å². The van der Waals surface area contributed by atoms with E-state index in [4.69, 9.17) is 0 Å². The summed E-state index contributed by atoms with van der Waals surface area (Å²) in [6, 6.07) is -0.0673. The Labute approximate surface area is 118 Å². The van der Waals surface area contributed by atoms with Crippen LogP contribution >= 0.6 is 11.3 Å². The predicted octanol–water partition coefficient (Wildman–Crippen LogP) is 1.31. The van der Waals surface area contributed by atoms with Crippen molar-refractivity contribution in [1.82, 2.24) is 4.98 Å². The van der Waals surface area contributed by atoms with Gasteiger partial charge in [-0.2, -0.15) is 0 Å². The van der Waals surface area contributed by atoms with E-state index in [9.17, 15) is 13.8 Å². The Morgan fingerprint density at radius 2 is 2.16 bits per heavy atom. The molecule has 0 bridgehead atoms. The summed E-state index contributed by atoms with van der Waals surface area (Å²) in [5.41, 5.74) is 0.0207. The summed E-state index contributed by atoms with van der Waals surface area (Å²) < 4.78 is 15.7. The summed E-state index contributed by atoms with van der Waals surface area (Å²) >= 11 is 1.10. The number of hydrogen-bond acceptors (Lipinski definition) is 7. The first-order valence-corrected chi connectivity index (χ1v) is 8.06. The molecule has 0 saturated heterocycles. The predicted molar refractivity (Wildman–Crippen MR) is 75.5 cm³/mol. The zero-order chi connectivity index (χ0) is 14.6. The van der Waals surface area contributed by atoms with E-state index in [2.05, 4.69) is 15.0 Å². The van der Waals surface area contributed by atoms with Crippen LogP contribution in [-0.2, 0) is 15.5 Å². The lowest BCUT2D eigenvalue weighted by molar-refractivity contribution is 0.0591. The SMILES string of the molecule is COC(=O)c1nc(NC(C)CS(C)=O)sc1C(C)=O. The zero-order valence-corrected chi connectivity index (χ0v) is 12.8. The van der Waals surface area contributed by atoms with Gasteiger partial charge in [-0.1, -0.05) is 11.3 Å². The lowest BCUT2D eigenvalue weighted by Crippen LogP contribution is -2.22. The number of nitrogens with one attached hydrogen (secondary N) is 1. The fourth-order valence-corrected chi connectivity index (χ4v) is 3.21. The third-order valence-corrected chi connectivity index (χ3v) is 4.24. The van der Waals surface area contributed by atoms with Crippen molar-refractivity contribution in [1.29, 1.82) is 0 Å². The summed E-state index contributed by atoms with van der Waals surface area (Å²) in [5.74, 6) is -0.415. The number of ketones is 1. The number of thiazole rings is 1. The van der Waals surface area contributed by atoms with Crippen molar-refractivity contribution in [2.45, 2.75) is 19.9 Å². The molecule has 19 heavy (non-hydrogen) atoms. The Bertz CT molecular complexity index is 513. The molecule has 1 rings (SSSR count). The molecule has 2 atom stereocenters. The fraction of sp³-hybridized carbons (Fsp3) is 0.545. The fourth-order valence-electron chi connectivity index (χ4n) is 1.46. The van der Waals surface area contributed by atoms with Crippen molar-refractivity contribution >= 4 is 39.0 Å². The first kappa shape index (κ1) is 15.8. The minimum absolute atomic E-state index is 0.0207. The maximum absolute atomic E-state index is 11.5. The molecule has 1 heterocycles. The van der Waals surface area contributed by atoms with Crippen molar-refractivity contribution in [3.05, 3.63) is 10.6 Å². The molecule has 2 unspecified atom stereocenters. The van der Waals surface area contributed by atoms with Gasteiger partial charge in [0.15, 0.2) is 16.6 Å². The molecule has 0 aliphatic carbocycles. The topological polar surface area (TPSA) is 85.4 Å². The molecule has 6 nitrogen and oxygen atoms in total. The first-order chi connectivity index (χ1) is 8.85. The van der Waals surface area contributed by atoms with Gasteiger partial charge in [-0.05, 0) is 6.92 Å². The van der Waals surface area contributed by atoms with Crippen LogP contribution in [-0.4, -0.2) is 46.1 Å². The van der Waals surface area contributed by atoms with Gasteiger partial charge in [0.2, 0.25) is 0 Å². The standard InChI is InChI=1S/C11H16N2O4S2/c1-6(5-19(4)16)12-11-13-8(10(15)17-3)9(18-11)7(2)14/h6H,5H2,1-4H3,(H,12,13). The molecule has 1 aromatic heterocycles. The van der Waals surface area contributed by atoms with Crippen molar-refractivity contribution in [3.8, 4) is 0 Å². The number of rotatable bonds is 6. The summed E-state index contributed by atoms with van der Waals surface area (Å²) in [5, 5.41) is 3.47. The van der Waals surface area contributed by atoms with Gasteiger partial charge in [0.25, 0.3) is 0 Å². The third kappa shape index (κ3) is 4.39. The zero-order valence-electron chi connectivity index (χ0n) is 11.2. The van der Waals surface area contributed by atoms with Crippen LogP contribution in [0.2, 0.25) is 0 Å². The van der Waals surface area contributed by atoms with Crippen LogP contribution in [0.25, 0.3) is 0 Å². The van der Waals surface area contributed by atoms with Crippen LogP contribution in [0.4, 0.5) is 5.13 Å². The molecule has 0 aromatic carbocycles. The van der Waals surface area contributed by atoms with Gasteiger partial charge < -0.3 is 10.1 Å². The molecule has 0 fully saturated rings. The lowest BCUT2D eigenvalue weighted by Gasteiger charge is -2.10. The highest BCUT2D eigenvalue weighted by atomic mass is 32.2. The molecule has 0 aliphatic rings. The van der Waals surface area contributed by atoms with Gasteiger partial charge in [-0.25, -0.2) is 9.78 Å². The monoisotopic (exact) mass is 304 g/mol. The summed E-state index contributed by atoms with van der Waals surface area (Å²) in [6.07, 6.45) is 1.61. The van der Waals surface area contributed by atoms with Crippen LogP contribution in [0.1, 0.15) is 34.0 Å². The van der Waals surface area contributed by atoms with Crippen molar-refractivity contribution < 1.29 is 18.5 Å². The highest BCUT2D eigenvalue weighted by Crippen LogP contribution is 2.24. The summed E-state index contributed by atoms with van der Waals surface area (Å²) in [7, 11) is 0.306. The molecule has 106 valence electrons. The highest BCUT2D eigenvalue weighted by Gasteiger charge is 2.22. The summed E-state index contributed by atoms with van der Waals surface area (Å²) in [4.78, 5) is 27.3. The second-order valence-corrected chi connectivity index (χ2v) is 6.51. The third-order valence-electron chi connectivity index (χ3n) is 2.18. The molecule has 0 aliphatic heterocycles. The Kier molecular flexibility index (Phi) is 5.61. The first-order valence-electron chi connectivity index (χ1n) is 5.51. The number of anilines is 1. The quantitative estimate of drug-likeness (QED) is 0.630. The lowest BCUT2D eigenvalue weighted by atomic mass is 10.3. The minimum Gasteiger partial charge on any atom is -0.464 e. The highest BCUT2D eigenvalue weighted by molar-refractivity contribution is 7.84. The Hall–Kier alpha value is -1.28. The molecular weight excluding hydrogens is 288 g/mol. The van der Waals surface area contributed by atoms with E-state index >= 15 is 0 Å². The molecule has 0 spiro atoms. The van der Waals surface area contributed by atoms with Crippen LogP contribution in [0.3, 0.4) is 0 Å². The Morgan fingerprint density at radius 3 is 2.63 bits per heavy atom. The molecule has 0 saturated carbocycles. The van der Waals surface area contributed by atoms with Gasteiger partial charge in [0.1, 0.15) is 4.88 Å². The number of nitrogens with zero attached hydrogens (tertiary/aromatic N) is 1. The average molecular weight is 304 g/mol. The minimum atomic E-state index is -0.931. The number of carbonyl (C=O) groups is 2. The molecule has 0 radical (unpaired) electrons. The van der Waals surface area contributed by atoms with Gasteiger partial charge in [0, 0.05) is 35.8 Å². The smallest absolute Gasteiger partial charge is 0.358 e. The van der Waals surface area contributed by atoms with Crippen LogP contribution in [0.15, 0.2) is 0 Å². The number of Topliss-reactive ketones (excluding diaryl/α,β-unsaturated/α-hetero) is 1. The van der Waals surface area contributed by atoms with E-state index in [0.29, 0.717) is 10.9 Å². The normalized spacial score (nSPS) is 13.7. The van der Waals surface area contributed by atoms with Crippen molar-refractivity contribution in [2.24, 2.45) is 0 Å². The number of methoxy groups -OCH3 is 1. The van der Waals surface area contributed by atoms with E-state index in [1.165, 1.54) is 14.0 Å². The van der Waals surface area contributed by atoms with Crippen molar-refractivity contribution in [2.75, 3.05) is 24.4 Å². The van der Waals surface area contributed by atoms with E-state index in [1.54, 1.807) is 6.26 Å². The van der Waals surface area contributed by atoms with E-state index < -0.39 is 16.8 Å². The molecular formula is C11H16N2O4S2. The van der Waals surface area contributed by atoms with E-state index in [0.717, 1.165) is 11.3 Å². The van der Waals surface area contributed by atoms with Crippen LogP contribution < -0.4 is 5.32 Å². The number of ether oxygens (including phenoxy) is 1. The summed E-state index contributed by atoms with van der Waals surface area (Å²) in [6.45, 7) is 3.22. The van der Waals surface area contributed by atoms with Crippen molar-refractivity contribution in [3.63, 3.8) is 0 Å². The Balaban J connectivity index is 2.95. The maximum Gasteiger partial charge on any atom is 0.358 e. The number of aromatic nitrogens is 1. The molecule has 1 aromatic rings. The molecule has 1 N–H and O–H groups in total. The van der Waals surface area contributed by atoms with Crippen LogP contribution in [0, 0.1) is 0 Å². The second kappa shape index (κ2) is 6.76. The average Bonchev–Trinajstić information content (AvgIpc) is 2.70. The number of esters is 1. The largest absolute Gasteiger partial charge is 0.464 e. The Morgan fingerprint density at radius 1 is 1.53 bits per heavy atom.